The molecule has 0 aromatic carbocycles. The minimum absolute atomic E-state index is 1.09. The second kappa shape index (κ2) is 2.85. The molecule has 2 nitrogen and oxygen atoms in total. The number of ether oxygens (including phenoxy) is 1. The molecule has 0 aliphatic heterocycles. The molecular formula is C10H15NO. The van der Waals surface area contributed by atoms with Gasteiger partial charge in [-0.05, 0) is 32.6 Å². The normalized spacial score (nSPS) is 15.8. The molecule has 1 heterocycles. The molecule has 2 heteroatoms. The number of fused-ring (bicyclic) bond motifs is 1. The van der Waals surface area contributed by atoms with E-state index in [0.717, 1.165) is 5.75 Å². The fourth-order valence-electron chi connectivity index (χ4n) is 2.08. The van der Waals surface area contributed by atoms with Crippen molar-refractivity contribution in [2.24, 2.45) is 0 Å². The zero-order chi connectivity index (χ0) is 8.55. The predicted octanol–water partition coefficient (Wildman–Crippen LogP) is 2.21. The topological polar surface area (TPSA) is 25.0 Å². The van der Waals surface area contributed by atoms with Crippen LogP contribution < -0.4 is 4.74 Å². The Labute approximate surface area is 72.9 Å². The third-order valence-electron chi connectivity index (χ3n) is 2.63. The van der Waals surface area contributed by atoms with Gasteiger partial charge in [-0.25, -0.2) is 0 Å². The monoisotopic (exact) mass is 165 g/mol. The Morgan fingerprint density at radius 1 is 1.25 bits per heavy atom. The average Bonchev–Trinajstić information content (AvgIpc) is 2.40. The first kappa shape index (κ1) is 7.71. The first-order chi connectivity index (χ1) is 5.83. The lowest BCUT2D eigenvalue weighted by atomic mass is 9.97. The van der Waals surface area contributed by atoms with Gasteiger partial charge in [0, 0.05) is 11.3 Å². The van der Waals surface area contributed by atoms with Crippen LogP contribution in [0, 0.1) is 6.92 Å². The van der Waals surface area contributed by atoms with Crippen molar-refractivity contribution in [1.82, 2.24) is 4.98 Å². The summed E-state index contributed by atoms with van der Waals surface area (Å²) in [6.45, 7) is 2.08. The van der Waals surface area contributed by atoms with Crippen molar-refractivity contribution >= 4 is 0 Å². The lowest BCUT2D eigenvalue weighted by molar-refractivity contribution is 0.406. The van der Waals surface area contributed by atoms with Gasteiger partial charge < -0.3 is 9.72 Å². The summed E-state index contributed by atoms with van der Waals surface area (Å²) in [5.74, 6) is 1.09. The van der Waals surface area contributed by atoms with Crippen LogP contribution in [-0.4, -0.2) is 12.1 Å². The number of methoxy groups -OCH3 is 1. The molecule has 1 aliphatic carbocycles. The van der Waals surface area contributed by atoms with Crippen LogP contribution in [0.3, 0.4) is 0 Å². The second-order valence-corrected chi connectivity index (χ2v) is 3.45. The van der Waals surface area contributed by atoms with Gasteiger partial charge in [0.1, 0.15) is 5.75 Å². The molecule has 1 aromatic rings. The number of hydrogen-bond donors (Lipinski definition) is 1. The third-order valence-corrected chi connectivity index (χ3v) is 2.63. The van der Waals surface area contributed by atoms with E-state index in [1.54, 1.807) is 7.11 Å². The van der Waals surface area contributed by atoms with Crippen LogP contribution in [0.1, 0.15) is 29.8 Å². The highest BCUT2D eigenvalue weighted by atomic mass is 16.5. The van der Waals surface area contributed by atoms with Crippen LogP contribution in [-0.2, 0) is 12.8 Å². The molecule has 66 valence electrons. The van der Waals surface area contributed by atoms with E-state index in [1.165, 1.54) is 42.6 Å². The van der Waals surface area contributed by atoms with Crippen LogP contribution >= 0.6 is 0 Å². The molecule has 0 unspecified atom stereocenters. The van der Waals surface area contributed by atoms with E-state index in [0.29, 0.717) is 0 Å². The summed E-state index contributed by atoms with van der Waals surface area (Å²) in [5, 5.41) is 0. The molecule has 0 bridgehead atoms. The maximum atomic E-state index is 5.35. The Morgan fingerprint density at radius 2 is 2.00 bits per heavy atom. The Morgan fingerprint density at radius 3 is 2.75 bits per heavy atom. The van der Waals surface area contributed by atoms with Crippen molar-refractivity contribution < 1.29 is 4.74 Å². The van der Waals surface area contributed by atoms with Gasteiger partial charge in [0.05, 0.1) is 12.8 Å². The van der Waals surface area contributed by atoms with Crippen molar-refractivity contribution in [1.29, 1.82) is 0 Å². The third kappa shape index (κ3) is 1.02. The Hall–Kier alpha value is -0.920. The summed E-state index contributed by atoms with van der Waals surface area (Å²) in [7, 11) is 1.76. The van der Waals surface area contributed by atoms with Gasteiger partial charge in [0.2, 0.25) is 0 Å². The van der Waals surface area contributed by atoms with Crippen molar-refractivity contribution in [3.05, 3.63) is 17.0 Å². The van der Waals surface area contributed by atoms with Gasteiger partial charge in [-0.3, -0.25) is 0 Å². The van der Waals surface area contributed by atoms with Gasteiger partial charge in [-0.15, -0.1) is 0 Å². The fraction of sp³-hybridized carbons (Fsp3) is 0.600. The van der Waals surface area contributed by atoms with Gasteiger partial charge in [-0.2, -0.15) is 0 Å². The van der Waals surface area contributed by atoms with Crippen molar-refractivity contribution in [3.63, 3.8) is 0 Å². The summed E-state index contributed by atoms with van der Waals surface area (Å²) in [4.78, 5) is 3.39. The Bertz CT molecular complexity index is 288. The molecular weight excluding hydrogens is 150 g/mol. The first-order valence-corrected chi connectivity index (χ1v) is 4.57. The van der Waals surface area contributed by atoms with Crippen LogP contribution in [0.15, 0.2) is 0 Å². The SMILES string of the molecule is COc1c(C)[nH]c2c1CCCC2. The molecule has 0 spiro atoms. The van der Waals surface area contributed by atoms with E-state index < -0.39 is 0 Å². The maximum Gasteiger partial charge on any atom is 0.142 e. The summed E-state index contributed by atoms with van der Waals surface area (Å²) in [6.07, 6.45) is 5.00. The Kier molecular flexibility index (Phi) is 1.83. The van der Waals surface area contributed by atoms with Gasteiger partial charge in [0.25, 0.3) is 0 Å². The van der Waals surface area contributed by atoms with E-state index in [9.17, 15) is 0 Å². The number of aromatic amines is 1. The summed E-state index contributed by atoms with van der Waals surface area (Å²) >= 11 is 0. The zero-order valence-corrected chi connectivity index (χ0v) is 7.74. The molecule has 1 N–H and O–H groups in total. The van der Waals surface area contributed by atoms with Crippen LogP contribution in [0.4, 0.5) is 0 Å². The summed E-state index contributed by atoms with van der Waals surface area (Å²) in [6, 6.07) is 0. The van der Waals surface area contributed by atoms with Crippen molar-refractivity contribution in [2.45, 2.75) is 32.6 Å². The molecule has 0 amide bonds. The van der Waals surface area contributed by atoms with Crippen molar-refractivity contribution in [3.8, 4) is 5.75 Å². The minimum Gasteiger partial charge on any atom is -0.495 e. The van der Waals surface area contributed by atoms with E-state index >= 15 is 0 Å². The molecule has 1 aliphatic rings. The highest BCUT2D eigenvalue weighted by molar-refractivity contribution is 5.43. The lowest BCUT2D eigenvalue weighted by Gasteiger charge is -2.11. The summed E-state index contributed by atoms with van der Waals surface area (Å²) in [5.41, 5.74) is 4.00. The summed E-state index contributed by atoms with van der Waals surface area (Å²) < 4.78 is 5.35. The first-order valence-electron chi connectivity index (χ1n) is 4.57. The van der Waals surface area contributed by atoms with E-state index in [-0.39, 0.29) is 0 Å². The quantitative estimate of drug-likeness (QED) is 0.678. The van der Waals surface area contributed by atoms with E-state index in [4.69, 9.17) is 4.74 Å². The molecule has 0 fully saturated rings. The minimum atomic E-state index is 1.09. The smallest absolute Gasteiger partial charge is 0.142 e. The molecule has 1 aromatic heterocycles. The largest absolute Gasteiger partial charge is 0.495 e. The second-order valence-electron chi connectivity index (χ2n) is 3.45. The molecule has 0 saturated heterocycles. The Balaban J connectivity index is 2.46. The van der Waals surface area contributed by atoms with Gasteiger partial charge in [-0.1, -0.05) is 0 Å². The number of hydrogen-bond acceptors (Lipinski definition) is 1. The maximum absolute atomic E-state index is 5.35. The number of rotatable bonds is 1. The van der Waals surface area contributed by atoms with E-state index in [2.05, 4.69) is 11.9 Å². The van der Waals surface area contributed by atoms with E-state index in [1.807, 2.05) is 0 Å². The zero-order valence-electron chi connectivity index (χ0n) is 7.74. The average molecular weight is 165 g/mol. The lowest BCUT2D eigenvalue weighted by Crippen LogP contribution is -2.01. The molecule has 0 atom stereocenters. The highest BCUT2D eigenvalue weighted by Crippen LogP contribution is 2.32. The molecule has 0 radical (unpaired) electrons. The van der Waals surface area contributed by atoms with Gasteiger partial charge in [0.15, 0.2) is 0 Å². The predicted molar refractivity (Wildman–Crippen MR) is 48.7 cm³/mol. The highest BCUT2D eigenvalue weighted by Gasteiger charge is 2.17. The van der Waals surface area contributed by atoms with Crippen LogP contribution in [0.5, 0.6) is 5.75 Å². The molecule has 12 heavy (non-hydrogen) atoms. The molecule has 2 rings (SSSR count). The standard InChI is InChI=1S/C10H15NO/c1-7-10(12-2)8-5-3-4-6-9(8)11-7/h11H,3-6H2,1-2H3. The van der Waals surface area contributed by atoms with Crippen LogP contribution in [0.2, 0.25) is 0 Å². The van der Waals surface area contributed by atoms with Gasteiger partial charge >= 0.3 is 0 Å². The number of aryl methyl sites for hydroxylation is 2. The number of nitrogens with one attached hydrogen (secondary N) is 1. The number of H-pyrrole nitrogens is 1. The number of aromatic nitrogens is 1. The molecule has 0 saturated carbocycles. The van der Waals surface area contributed by atoms with Crippen molar-refractivity contribution in [2.75, 3.05) is 7.11 Å². The fourth-order valence-corrected chi connectivity index (χ4v) is 2.08. The van der Waals surface area contributed by atoms with Crippen LogP contribution in [0.25, 0.3) is 0 Å².